The zero-order valence-corrected chi connectivity index (χ0v) is 9.08. The van der Waals surface area contributed by atoms with Gasteiger partial charge in [0.15, 0.2) is 0 Å². The molecule has 0 radical (unpaired) electrons. The van der Waals surface area contributed by atoms with Gasteiger partial charge in [0, 0.05) is 6.54 Å². The van der Waals surface area contributed by atoms with Gasteiger partial charge in [-0.3, -0.25) is 10.1 Å². The average molecular weight is 213 g/mol. The van der Waals surface area contributed by atoms with Gasteiger partial charge in [0.1, 0.15) is 0 Å². The number of nitrogens with one attached hydrogen (secondary N) is 1. The predicted octanol–water partition coefficient (Wildman–Crippen LogP) is 0.337. The monoisotopic (exact) mass is 213 g/mol. The van der Waals surface area contributed by atoms with Crippen molar-refractivity contribution in [2.24, 2.45) is 22.8 Å². The Morgan fingerprint density at radius 3 is 2.33 bits per heavy atom. The Bertz CT molecular complexity index is 257. The summed E-state index contributed by atoms with van der Waals surface area (Å²) in [6.45, 7) is 2.44. The molecule has 0 aliphatic heterocycles. The van der Waals surface area contributed by atoms with Crippen molar-refractivity contribution in [1.82, 2.24) is 5.32 Å². The van der Waals surface area contributed by atoms with E-state index in [9.17, 15) is 9.59 Å². The van der Waals surface area contributed by atoms with E-state index in [2.05, 4.69) is 12.2 Å². The van der Waals surface area contributed by atoms with Crippen LogP contribution in [0.15, 0.2) is 0 Å². The number of primary amides is 1. The van der Waals surface area contributed by atoms with E-state index in [4.69, 9.17) is 11.5 Å². The summed E-state index contributed by atoms with van der Waals surface area (Å²) in [5.41, 5.74) is 9.99. The van der Waals surface area contributed by atoms with Crippen LogP contribution < -0.4 is 16.8 Å². The molecule has 0 atom stereocenters. The first-order valence-electron chi connectivity index (χ1n) is 5.31. The smallest absolute Gasteiger partial charge is 0.318 e. The largest absolute Gasteiger partial charge is 0.351 e. The lowest BCUT2D eigenvalue weighted by molar-refractivity contribution is -0.131. The molecule has 0 spiro atoms. The number of imide groups is 1. The molecular formula is C10H19N3O2. The van der Waals surface area contributed by atoms with Crippen LogP contribution in [0, 0.1) is 11.3 Å². The van der Waals surface area contributed by atoms with Gasteiger partial charge < -0.3 is 11.5 Å². The van der Waals surface area contributed by atoms with E-state index >= 15 is 0 Å². The first-order chi connectivity index (χ1) is 7.00. The highest BCUT2D eigenvalue weighted by Gasteiger charge is 2.40. The third-order valence-electron chi connectivity index (χ3n) is 3.34. The average Bonchev–Trinajstić information content (AvgIpc) is 2.18. The predicted molar refractivity (Wildman–Crippen MR) is 56.8 cm³/mol. The molecule has 0 aromatic heterocycles. The van der Waals surface area contributed by atoms with Gasteiger partial charge >= 0.3 is 6.03 Å². The molecule has 86 valence electrons. The molecule has 0 unspecified atom stereocenters. The van der Waals surface area contributed by atoms with E-state index in [1.165, 1.54) is 0 Å². The van der Waals surface area contributed by atoms with Gasteiger partial charge in [-0.05, 0) is 31.6 Å². The van der Waals surface area contributed by atoms with Crippen molar-refractivity contribution < 1.29 is 9.59 Å². The highest BCUT2D eigenvalue weighted by molar-refractivity contribution is 5.96. The van der Waals surface area contributed by atoms with Crippen LogP contribution in [-0.4, -0.2) is 18.5 Å². The van der Waals surface area contributed by atoms with Crippen LogP contribution in [0.25, 0.3) is 0 Å². The molecule has 0 heterocycles. The van der Waals surface area contributed by atoms with E-state index in [0.29, 0.717) is 5.92 Å². The minimum absolute atomic E-state index is 0.277. The molecular weight excluding hydrogens is 194 g/mol. The van der Waals surface area contributed by atoms with Gasteiger partial charge in [0.2, 0.25) is 5.91 Å². The van der Waals surface area contributed by atoms with Gasteiger partial charge in [0.25, 0.3) is 0 Å². The first kappa shape index (κ1) is 12.0. The summed E-state index contributed by atoms with van der Waals surface area (Å²) in [4.78, 5) is 22.4. The van der Waals surface area contributed by atoms with Gasteiger partial charge in [0.05, 0.1) is 5.41 Å². The molecule has 5 nitrogen and oxygen atoms in total. The molecule has 1 rings (SSSR count). The van der Waals surface area contributed by atoms with Gasteiger partial charge in [-0.2, -0.15) is 0 Å². The second-order valence-electron chi connectivity index (χ2n) is 4.49. The summed E-state index contributed by atoms with van der Waals surface area (Å²) in [5, 5.41) is 2.14. The molecule has 0 bridgehead atoms. The fraction of sp³-hybridized carbons (Fsp3) is 0.800. The Labute approximate surface area is 89.6 Å². The summed E-state index contributed by atoms with van der Waals surface area (Å²) in [5.74, 6) is 0.315. The number of carbonyl (C=O) groups is 2. The van der Waals surface area contributed by atoms with E-state index in [0.717, 1.165) is 25.7 Å². The van der Waals surface area contributed by atoms with E-state index in [-0.39, 0.29) is 12.5 Å². The molecule has 1 fully saturated rings. The minimum atomic E-state index is -0.800. The molecule has 0 aromatic carbocycles. The van der Waals surface area contributed by atoms with Crippen molar-refractivity contribution in [3.05, 3.63) is 0 Å². The number of amides is 3. The van der Waals surface area contributed by atoms with Crippen LogP contribution in [0.1, 0.15) is 32.6 Å². The van der Waals surface area contributed by atoms with Gasteiger partial charge in [-0.15, -0.1) is 0 Å². The molecule has 1 aliphatic carbocycles. The molecule has 0 saturated heterocycles. The molecule has 1 aliphatic rings. The Hall–Kier alpha value is -1.10. The molecule has 0 aromatic rings. The van der Waals surface area contributed by atoms with Crippen molar-refractivity contribution in [2.75, 3.05) is 6.54 Å². The van der Waals surface area contributed by atoms with Crippen molar-refractivity contribution in [1.29, 1.82) is 0 Å². The normalized spacial score (nSPS) is 30.9. The summed E-state index contributed by atoms with van der Waals surface area (Å²) in [7, 11) is 0. The molecule has 1 saturated carbocycles. The lowest BCUT2D eigenvalue weighted by Gasteiger charge is -2.36. The van der Waals surface area contributed by atoms with Crippen LogP contribution in [0.4, 0.5) is 4.79 Å². The number of hydrogen-bond donors (Lipinski definition) is 3. The van der Waals surface area contributed by atoms with Crippen LogP contribution in [-0.2, 0) is 4.79 Å². The third-order valence-corrected chi connectivity index (χ3v) is 3.34. The Kier molecular flexibility index (Phi) is 3.68. The minimum Gasteiger partial charge on any atom is -0.351 e. The summed E-state index contributed by atoms with van der Waals surface area (Å²) in [6.07, 6.45) is 3.43. The standard InChI is InChI=1S/C10H19N3O2/c1-7-2-4-10(6-11,5-3-7)8(14)13-9(12)15/h7H,2-6,11H2,1H3,(H3,12,13,14,15). The van der Waals surface area contributed by atoms with Gasteiger partial charge in [-0.1, -0.05) is 6.92 Å². The number of urea groups is 1. The quantitative estimate of drug-likeness (QED) is 0.616. The lowest BCUT2D eigenvalue weighted by Crippen LogP contribution is -2.50. The molecule has 3 amide bonds. The van der Waals surface area contributed by atoms with E-state index < -0.39 is 11.4 Å². The third kappa shape index (κ3) is 2.68. The maximum absolute atomic E-state index is 11.8. The number of hydrogen-bond acceptors (Lipinski definition) is 3. The second kappa shape index (κ2) is 4.61. The number of nitrogens with two attached hydrogens (primary N) is 2. The Morgan fingerprint density at radius 1 is 1.40 bits per heavy atom. The Balaban J connectivity index is 2.68. The maximum Gasteiger partial charge on any atom is 0.318 e. The van der Waals surface area contributed by atoms with Crippen LogP contribution >= 0.6 is 0 Å². The summed E-state index contributed by atoms with van der Waals surface area (Å²) >= 11 is 0. The highest BCUT2D eigenvalue weighted by Crippen LogP contribution is 2.38. The fourth-order valence-corrected chi connectivity index (χ4v) is 2.08. The van der Waals surface area contributed by atoms with Crippen molar-refractivity contribution in [3.63, 3.8) is 0 Å². The van der Waals surface area contributed by atoms with Crippen LogP contribution in [0.3, 0.4) is 0 Å². The van der Waals surface area contributed by atoms with E-state index in [1.807, 2.05) is 0 Å². The summed E-state index contributed by atoms with van der Waals surface area (Å²) in [6, 6.07) is -0.800. The first-order valence-corrected chi connectivity index (χ1v) is 5.31. The molecule has 5 N–H and O–H groups in total. The number of carbonyl (C=O) groups excluding carboxylic acids is 2. The molecule has 15 heavy (non-hydrogen) atoms. The zero-order valence-electron chi connectivity index (χ0n) is 9.08. The highest BCUT2D eigenvalue weighted by atomic mass is 16.2. The number of rotatable bonds is 2. The second-order valence-corrected chi connectivity index (χ2v) is 4.49. The topological polar surface area (TPSA) is 98.2 Å². The van der Waals surface area contributed by atoms with Gasteiger partial charge in [-0.25, -0.2) is 4.79 Å². The van der Waals surface area contributed by atoms with Crippen molar-refractivity contribution in [3.8, 4) is 0 Å². The lowest BCUT2D eigenvalue weighted by atomic mass is 9.70. The maximum atomic E-state index is 11.8. The fourth-order valence-electron chi connectivity index (χ4n) is 2.08. The van der Waals surface area contributed by atoms with Crippen molar-refractivity contribution in [2.45, 2.75) is 32.6 Å². The van der Waals surface area contributed by atoms with Crippen LogP contribution in [0.5, 0.6) is 0 Å². The zero-order chi connectivity index (χ0) is 11.5. The summed E-state index contributed by atoms with van der Waals surface area (Å²) < 4.78 is 0. The SMILES string of the molecule is CC1CCC(CN)(C(=O)NC(N)=O)CC1. The van der Waals surface area contributed by atoms with Crippen LogP contribution in [0.2, 0.25) is 0 Å². The Morgan fingerprint density at radius 2 is 1.93 bits per heavy atom. The van der Waals surface area contributed by atoms with E-state index in [1.54, 1.807) is 0 Å². The molecule has 5 heteroatoms. The van der Waals surface area contributed by atoms with Crippen molar-refractivity contribution >= 4 is 11.9 Å².